The van der Waals surface area contributed by atoms with Crippen LogP contribution < -0.4 is 14.8 Å². The molecule has 0 radical (unpaired) electrons. The predicted molar refractivity (Wildman–Crippen MR) is 111 cm³/mol. The van der Waals surface area contributed by atoms with E-state index < -0.39 is 0 Å². The lowest BCUT2D eigenvalue weighted by Crippen LogP contribution is -2.11. The molecule has 0 saturated carbocycles. The summed E-state index contributed by atoms with van der Waals surface area (Å²) in [7, 11) is 0. The van der Waals surface area contributed by atoms with E-state index in [1.54, 1.807) is 77.9 Å². The monoisotopic (exact) mass is 401 g/mol. The van der Waals surface area contributed by atoms with E-state index in [-0.39, 0.29) is 5.91 Å². The number of aromatic nitrogens is 4. The molecular weight excluding hydrogens is 382 g/mol. The average molecular weight is 401 g/mol. The van der Waals surface area contributed by atoms with Gasteiger partial charge in [0.2, 0.25) is 5.88 Å². The third-order valence-corrected chi connectivity index (χ3v) is 4.16. The molecule has 0 aliphatic heterocycles. The molecule has 4 rings (SSSR count). The smallest absolute Gasteiger partial charge is 0.255 e. The third-order valence-electron chi connectivity index (χ3n) is 4.16. The zero-order chi connectivity index (χ0) is 20.8. The van der Waals surface area contributed by atoms with Gasteiger partial charge < -0.3 is 14.8 Å². The Kier molecular flexibility index (Phi) is 5.66. The van der Waals surface area contributed by atoms with E-state index in [2.05, 4.69) is 20.3 Å². The standard InChI is InChI=1S/C22H19N5O3/c1-2-29-18-7-3-16(4-8-18)22(28)26-17-5-9-19(10-6-17)30-21-13-20(24-14-25-21)27-12-11-23-15-27/h3-15H,2H2,1H3,(H,26,28). The van der Waals surface area contributed by atoms with Gasteiger partial charge in [0.05, 0.1) is 6.61 Å². The maximum Gasteiger partial charge on any atom is 0.255 e. The molecule has 0 aliphatic rings. The lowest BCUT2D eigenvalue weighted by atomic mass is 10.2. The molecule has 2 aromatic heterocycles. The van der Waals surface area contributed by atoms with E-state index in [4.69, 9.17) is 9.47 Å². The highest BCUT2D eigenvalue weighted by molar-refractivity contribution is 6.04. The van der Waals surface area contributed by atoms with Gasteiger partial charge in [-0.25, -0.2) is 15.0 Å². The first kappa shape index (κ1) is 19.1. The molecule has 2 heterocycles. The van der Waals surface area contributed by atoms with Crippen LogP contribution in [0.1, 0.15) is 17.3 Å². The highest BCUT2D eigenvalue weighted by Crippen LogP contribution is 2.23. The fourth-order valence-corrected chi connectivity index (χ4v) is 2.72. The number of amides is 1. The van der Waals surface area contributed by atoms with Gasteiger partial charge in [-0.05, 0) is 55.5 Å². The number of imidazole rings is 1. The summed E-state index contributed by atoms with van der Waals surface area (Å²) < 4.78 is 12.9. The Labute approximate surface area is 173 Å². The minimum Gasteiger partial charge on any atom is -0.494 e. The number of carbonyl (C=O) groups excluding carboxylic acids is 1. The van der Waals surface area contributed by atoms with Crippen molar-refractivity contribution in [3.05, 3.63) is 85.2 Å². The maximum atomic E-state index is 12.4. The highest BCUT2D eigenvalue weighted by Gasteiger charge is 2.08. The quantitative estimate of drug-likeness (QED) is 0.501. The van der Waals surface area contributed by atoms with Gasteiger partial charge in [0, 0.05) is 29.7 Å². The average Bonchev–Trinajstić information content (AvgIpc) is 3.31. The van der Waals surface area contributed by atoms with Gasteiger partial charge in [-0.15, -0.1) is 0 Å². The van der Waals surface area contributed by atoms with Gasteiger partial charge in [0.15, 0.2) is 0 Å². The number of benzene rings is 2. The topological polar surface area (TPSA) is 91.2 Å². The Morgan fingerprint density at radius 2 is 1.80 bits per heavy atom. The van der Waals surface area contributed by atoms with Crippen molar-refractivity contribution in [3.63, 3.8) is 0 Å². The number of nitrogens with zero attached hydrogens (tertiary/aromatic N) is 4. The molecular formula is C22H19N5O3. The molecule has 2 aromatic carbocycles. The normalized spacial score (nSPS) is 10.4. The zero-order valence-electron chi connectivity index (χ0n) is 16.2. The second-order valence-electron chi connectivity index (χ2n) is 6.22. The number of hydrogen-bond acceptors (Lipinski definition) is 6. The second-order valence-corrected chi connectivity index (χ2v) is 6.22. The van der Waals surface area contributed by atoms with Crippen molar-refractivity contribution in [2.45, 2.75) is 6.92 Å². The van der Waals surface area contributed by atoms with Crippen molar-refractivity contribution in [1.82, 2.24) is 19.5 Å². The number of anilines is 1. The molecule has 0 unspecified atom stereocenters. The number of nitrogens with one attached hydrogen (secondary N) is 1. The van der Waals surface area contributed by atoms with Crippen LogP contribution in [0.4, 0.5) is 5.69 Å². The van der Waals surface area contributed by atoms with E-state index in [0.29, 0.717) is 35.3 Å². The Morgan fingerprint density at radius 3 is 2.50 bits per heavy atom. The highest BCUT2D eigenvalue weighted by atomic mass is 16.5. The van der Waals surface area contributed by atoms with Crippen LogP contribution in [-0.4, -0.2) is 32.0 Å². The summed E-state index contributed by atoms with van der Waals surface area (Å²) >= 11 is 0. The summed E-state index contributed by atoms with van der Waals surface area (Å²) in [5, 5.41) is 2.86. The SMILES string of the molecule is CCOc1ccc(C(=O)Nc2ccc(Oc3cc(-n4ccnc4)ncn3)cc2)cc1. The molecule has 4 aromatic rings. The number of carbonyl (C=O) groups is 1. The number of rotatable bonds is 7. The zero-order valence-corrected chi connectivity index (χ0v) is 16.2. The van der Waals surface area contributed by atoms with Crippen LogP contribution in [0.25, 0.3) is 5.82 Å². The number of ether oxygens (including phenoxy) is 2. The van der Waals surface area contributed by atoms with Gasteiger partial charge in [-0.3, -0.25) is 9.36 Å². The molecule has 1 amide bonds. The van der Waals surface area contributed by atoms with Crippen molar-refractivity contribution < 1.29 is 14.3 Å². The van der Waals surface area contributed by atoms with Gasteiger partial charge in [0.1, 0.15) is 30.0 Å². The van der Waals surface area contributed by atoms with Gasteiger partial charge in [0.25, 0.3) is 5.91 Å². The van der Waals surface area contributed by atoms with Crippen LogP contribution in [0, 0.1) is 0 Å². The molecule has 0 saturated heterocycles. The molecule has 1 N–H and O–H groups in total. The minimum atomic E-state index is -0.201. The second kappa shape index (κ2) is 8.87. The maximum absolute atomic E-state index is 12.4. The van der Waals surface area contributed by atoms with Gasteiger partial charge in [-0.1, -0.05) is 0 Å². The summed E-state index contributed by atoms with van der Waals surface area (Å²) in [6.07, 6.45) is 6.53. The fraction of sp³-hybridized carbons (Fsp3) is 0.0909. The predicted octanol–water partition coefficient (Wildman–Crippen LogP) is 4.11. The van der Waals surface area contributed by atoms with Crippen molar-refractivity contribution in [3.8, 4) is 23.2 Å². The summed E-state index contributed by atoms with van der Waals surface area (Å²) in [5.74, 6) is 2.17. The molecule has 0 bridgehead atoms. The van der Waals surface area contributed by atoms with Crippen molar-refractivity contribution in [2.75, 3.05) is 11.9 Å². The first-order chi connectivity index (χ1) is 14.7. The fourth-order valence-electron chi connectivity index (χ4n) is 2.72. The molecule has 8 heteroatoms. The molecule has 0 aliphatic carbocycles. The summed E-state index contributed by atoms with van der Waals surface area (Å²) in [5.41, 5.74) is 1.20. The van der Waals surface area contributed by atoms with Crippen LogP contribution in [0.2, 0.25) is 0 Å². The van der Waals surface area contributed by atoms with Crippen LogP contribution in [0.15, 0.2) is 79.6 Å². The Morgan fingerprint density at radius 1 is 1.03 bits per heavy atom. The largest absolute Gasteiger partial charge is 0.494 e. The van der Waals surface area contributed by atoms with Gasteiger partial charge in [-0.2, -0.15) is 0 Å². The number of hydrogen-bond donors (Lipinski definition) is 1. The Hall–Kier alpha value is -4.20. The molecule has 0 spiro atoms. The summed E-state index contributed by atoms with van der Waals surface area (Å²) in [6.45, 7) is 2.50. The summed E-state index contributed by atoms with van der Waals surface area (Å²) in [6, 6.07) is 15.8. The first-order valence-electron chi connectivity index (χ1n) is 9.34. The van der Waals surface area contributed by atoms with E-state index in [0.717, 1.165) is 5.75 Å². The molecule has 8 nitrogen and oxygen atoms in total. The molecule has 30 heavy (non-hydrogen) atoms. The van der Waals surface area contributed by atoms with Crippen molar-refractivity contribution >= 4 is 11.6 Å². The van der Waals surface area contributed by atoms with E-state index in [9.17, 15) is 4.79 Å². The minimum absolute atomic E-state index is 0.201. The van der Waals surface area contributed by atoms with Gasteiger partial charge >= 0.3 is 0 Å². The Bertz CT molecular complexity index is 1110. The lowest BCUT2D eigenvalue weighted by Gasteiger charge is -2.09. The third kappa shape index (κ3) is 4.61. The van der Waals surface area contributed by atoms with Crippen LogP contribution in [0.3, 0.4) is 0 Å². The van der Waals surface area contributed by atoms with Crippen molar-refractivity contribution in [1.29, 1.82) is 0 Å². The Balaban J connectivity index is 1.39. The molecule has 0 fully saturated rings. The van der Waals surface area contributed by atoms with E-state index >= 15 is 0 Å². The molecule has 0 atom stereocenters. The molecule has 150 valence electrons. The van der Waals surface area contributed by atoms with Crippen LogP contribution >= 0.6 is 0 Å². The first-order valence-corrected chi connectivity index (χ1v) is 9.34. The lowest BCUT2D eigenvalue weighted by molar-refractivity contribution is 0.102. The summed E-state index contributed by atoms with van der Waals surface area (Å²) in [4.78, 5) is 24.7. The van der Waals surface area contributed by atoms with E-state index in [1.165, 1.54) is 6.33 Å². The van der Waals surface area contributed by atoms with E-state index in [1.807, 2.05) is 6.92 Å². The van der Waals surface area contributed by atoms with Crippen LogP contribution in [0.5, 0.6) is 17.4 Å². The van der Waals surface area contributed by atoms with Crippen LogP contribution in [-0.2, 0) is 0 Å². The van der Waals surface area contributed by atoms with Crippen molar-refractivity contribution in [2.24, 2.45) is 0 Å².